The fourth-order valence-corrected chi connectivity index (χ4v) is 3.37. The molecule has 5 nitrogen and oxygen atoms in total. The summed E-state index contributed by atoms with van der Waals surface area (Å²) in [6.07, 6.45) is 3.30. The number of benzene rings is 2. The highest BCUT2D eigenvalue weighted by Gasteiger charge is 2.20. The van der Waals surface area contributed by atoms with Gasteiger partial charge in [-0.05, 0) is 55.5 Å². The Kier molecular flexibility index (Phi) is 6.37. The molecule has 0 unspecified atom stereocenters. The van der Waals surface area contributed by atoms with Gasteiger partial charge < -0.3 is 14.5 Å². The number of anilines is 1. The van der Waals surface area contributed by atoms with Crippen molar-refractivity contribution in [1.29, 1.82) is 0 Å². The smallest absolute Gasteiger partial charge is 0.246 e. The summed E-state index contributed by atoms with van der Waals surface area (Å²) < 4.78 is 5.30. The predicted molar refractivity (Wildman–Crippen MR) is 112 cm³/mol. The van der Waals surface area contributed by atoms with E-state index in [1.165, 1.54) is 0 Å². The first-order valence-corrected chi connectivity index (χ1v) is 9.52. The van der Waals surface area contributed by atoms with E-state index in [2.05, 4.69) is 4.90 Å². The van der Waals surface area contributed by atoms with Gasteiger partial charge in [0.25, 0.3) is 0 Å². The van der Waals surface area contributed by atoms with Gasteiger partial charge >= 0.3 is 0 Å². The van der Waals surface area contributed by atoms with Crippen molar-refractivity contribution < 1.29 is 14.3 Å². The van der Waals surface area contributed by atoms with E-state index in [0.717, 1.165) is 24.3 Å². The second-order valence-electron chi connectivity index (χ2n) is 6.63. The van der Waals surface area contributed by atoms with Crippen molar-refractivity contribution in [3.05, 3.63) is 64.7 Å². The maximum atomic E-state index is 12.5. The van der Waals surface area contributed by atoms with Crippen molar-refractivity contribution in [1.82, 2.24) is 4.90 Å². The number of nitrogens with zero attached hydrogens (tertiary/aromatic N) is 2. The molecule has 0 N–H and O–H groups in total. The van der Waals surface area contributed by atoms with Crippen LogP contribution < -0.4 is 9.64 Å². The molecule has 146 valence electrons. The number of ether oxygens (including phenoxy) is 1. The van der Waals surface area contributed by atoms with Crippen LogP contribution >= 0.6 is 11.6 Å². The lowest BCUT2D eigenvalue weighted by Crippen LogP contribution is -2.48. The molecule has 28 heavy (non-hydrogen) atoms. The first-order valence-electron chi connectivity index (χ1n) is 9.14. The zero-order valence-electron chi connectivity index (χ0n) is 16.0. The van der Waals surface area contributed by atoms with E-state index in [1.807, 2.05) is 29.2 Å². The van der Waals surface area contributed by atoms with E-state index in [-0.39, 0.29) is 11.7 Å². The molecule has 0 spiro atoms. The van der Waals surface area contributed by atoms with Crippen LogP contribution in [0, 0.1) is 0 Å². The Balaban J connectivity index is 1.59. The average Bonchev–Trinajstić information content (AvgIpc) is 2.72. The fraction of sp³-hybridized carbons (Fsp3) is 0.273. The van der Waals surface area contributed by atoms with Crippen LogP contribution in [0.1, 0.15) is 22.8 Å². The van der Waals surface area contributed by atoms with Crippen molar-refractivity contribution in [2.75, 3.05) is 38.2 Å². The molecule has 0 radical (unpaired) electrons. The normalized spacial score (nSPS) is 14.4. The SMILES string of the molecule is COc1ccc(Cl)cc1C=CC(=O)N1CCN(c2ccc(C(C)=O)cc2)CC1. The zero-order chi connectivity index (χ0) is 20.1. The van der Waals surface area contributed by atoms with Crippen LogP contribution in [0.2, 0.25) is 5.02 Å². The summed E-state index contributed by atoms with van der Waals surface area (Å²) in [5.41, 5.74) is 2.54. The summed E-state index contributed by atoms with van der Waals surface area (Å²) >= 11 is 6.03. The summed E-state index contributed by atoms with van der Waals surface area (Å²) in [7, 11) is 1.59. The van der Waals surface area contributed by atoms with Crippen LogP contribution in [0.5, 0.6) is 5.75 Å². The number of hydrogen-bond donors (Lipinski definition) is 0. The van der Waals surface area contributed by atoms with Crippen molar-refractivity contribution in [3.63, 3.8) is 0 Å². The van der Waals surface area contributed by atoms with Crippen molar-refractivity contribution in [2.24, 2.45) is 0 Å². The van der Waals surface area contributed by atoms with Gasteiger partial charge in [0.2, 0.25) is 5.91 Å². The highest BCUT2D eigenvalue weighted by atomic mass is 35.5. The summed E-state index contributed by atoms with van der Waals surface area (Å²) in [6, 6.07) is 12.9. The van der Waals surface area contributed by atoms with Gasteiger partial charge in [-0.25, -0.2) is 0 Å². The van der Waals surface area contributed by atoms with Gasteiger partial charge in [0.1, 0.15) is 5.75 Å². The molecule has 6 heteroatoms. The third-order valence-electron chi connectivity index (χ3n) is 4.83. The van der Waals surface area contributed by atoms with Crippen LogP contribution in [0.4, 0.5) is 5.69 Å². The number of amides is 1. The monoisotopic (exact) mass is 398 g/mol. The summed E-state index contributed by atoms with van der Waals surface area (Å²) in [5.74, 6) is 0.700. The minimum Gasteiger partial charge on any atom is -0.496 e. The minimum atomic E-state index is -0.0337. The topological polar surface area (TPSA) is 49.9 Å². The van der Waals surface area contributed by atoms with Crippen LogP contribution in [0.3, 0.4) is 0 Å². The van der Waals surface area contributed by atoms with Gasteiger partial charge in [-0.15, -0.1) is 0 Å². The second-order valence-corrected chi connectivity index (χ2v) is 7.07. The molecule has 0 saturated carbocycles. The Morgan fingerprint density at radius 1 is 1.04 bits per heavy atom. The van der Waals surface area contributed by atoms with Gasteiger partial charge in [-0.1, -0.05) is 11.6 Å². The average molecular weight is 399 g/mol. The van der Waals surface area contributed by atoms with Crippen LogP contribution in [0.15, 0.2) is 48.5 Å². The molecule has 0 aliphatic carbocycles. The molecule has 3 rings (SSSR count). The van der Waals surface area contributed by atoms with Crippen molar-refractivity contribution in [3.8, 4) is 5.75 Å². The van der Waals surface area contributed by atoms with Crippen molar-refractivity contribution in [2.45, 2.75) is 6.92 Å². The van der Waals surface area contributed by atoms with E-state index in [9.17, 15) is 9.59 Å². The molecular formula is C22H23ClN2O3. The van der Waals surface area contributed by atoms with Gasteiger partial charge in [-0.3, -0.25) is 9.59 Å². The lowest BCUT2D eigenvalue weighted by atomic mass is 10.1. The van der Waals surface area contributed by atoms with Crippen molar-refractivity contribution >= 4 is 35.1 Å². The Labute approximate surface area is 170 Å². The standard InChI is InChI=1S/C22H23ClN2O3/c1-16(26)17-3-7-20(8-4-17)24-11-13-25(14-12-24)22(27)10-5-18-15-19(23)6-9-21(18)28-2/h3-10,15H,11-14H2,1-2H3. The molecule has 0 bridgehead atoms. The first kappa shape index (κ1) is 20.0. The minimum absolute atomic E-state index is 0.0337. The Bertz CT molecular complexity index is 885. The lowest BCUT2D eigenvalue weighted by Gasteiger charge is -2.35. The molecule has 0 aromatic heterocycles. The molecule has 1 fully saturated rings. The second kappa shape index (κ2) is 8.93. The molecule has 1 aliphatic heterocycles. The molecule has 1 saturated heterocycles. The lowest BCUT2D eigenvalue weighted by molar-refractivity contribution is -0.126. The molecule has 0 atom stereocenters. The number of ketones is 1. The largest absolute Gasteiger partial charge is 0.496 e. The van der Waals surface area contributed by atoms with E-state index >= 15 is 0 Å². The number of piperazine rings is 1. The van der Waals surface area contributed by atoms with E-state index in [4.69, 9.17) is 16.3 Å². The molecular weight excluding hydrogens is 376 g/mol. The number of carbonyl (C=O) groups is 2. The van der Waals surface area contributed by atoms with Crippen LogP contribution in [0.25, 0.3) is 6.08 Å². The fourth-order valence-electron chi connectivity index (χ4n) is 3.19. The Morgan fingerprint density at radius 3 is 2.32 bits per heavy atom. The number of Topliss-reactive ketones (excluding diaryl/α,β-unsaturated/α-hetero) is 1. The molecule has 1 heterocycles. The molecule has 1 aliphatic rings. The maximum absolute atomic E-state index is 12.5. The number of hydrogen-bond acceptors (Lipinski definition) is 4. The number of methoxy groups -OCH3 is 1. The predicted octanol–water partition coefficient (Wildman–Crippen LogP) is 3.91. The highest BCUT2D eigenvalue weighted by molar-refractivity contribution is 6.30. The first-order chi connectivity index (χ1) is 13.5. The zero-order valence-corrected chi connectivity index (χ0v) is 16.8. The van der Waals surface area contributed by atoms with E-state index in [0.29, 0.717) is 29.4 Å². The highest BCUT2D eigenvalue weighted by Crippen LogP contribution is 2.24. The van der Waals surface area contributed by atoms with Gasteiger partial charge in [0.05, 0.1) is 7.11 Å². The van der Waals surface area contributed by atoms with E-state index < -0.39 is 0 Å². The number of halogens is 1. The number of rotatable bonds is 5. The number of carbonyl (C=O) groups excluding carboxylic acids is 2. The van der Waals surface area contributed by atoms with Gasteiger partial charge in [0.15, 0.2) is 5.78 Å². The maximum Gasteiger partial charge on any atom is 0.246 e. The Hall–Kier alpha value is -2.79. The molecule has 1 amide bonds. The summed E-state index contributed by atoms with van der Waals surface area (Å²) in [4.78, 5) is 28.0. The Morgan fingerprint density at radius 2 is 1.71 bits per heavy atom. The van der Waals surface area contributed by atoms with Gasteiger partial charge in [0, 0.05) is 54.1 Å². The van der Waals surface area contributed by atoms with E-state index in [1.54, 1.807) is 44.4 Å². The summed E-state index contributed by atoms with van der Waals surface area (Å²) in [5, 5.41) is 0.595. The molecule has 2 aromatic rings. The quantitative estimate of drug-likeness (QED) is 0.566. The molecule has 2 aromatic carbocycles. The summed E-state index contributed by atoms with van der Waals surface area (Å²) in [6.45, 7) is 4.35. The van der Waals surface area contributed by atoms with Gasteiger partial charge in [-0.2, -0.15) is 0 Å². The third-order valence-corrected chi connectivity index (χ3v) is 5.06. The third kappa shape index (κ3) is 4.73. The van der Waals surface area contributed by atoms with Crippen LogP contribution in [-0.4, -0.2) is 49.9 Å². The van der Waals surface area contributed by atoms with Crippen LogP contribution in [-0.2, 0) is 4.79 Å².